The van der Waals surface area contributed by atoms with Gasteiger partial charge in [-0.3, -0.25) is 9.63 Å². The topological polar surface area (TPSA) is 47.6 Å². The molecule has 17 heavy (non-hydrogen) atoms. The van der Waals surface area contributed by atoms with E-state index >= 15 is 0 Å². The van der Waals surface area contributed by atoms with Gasteiger partial charge >= 0.3 is 0 Å². The van der Waals surface area contributed by atoms with Crippen LogP contribution in [0.1, 0.15) is 9.67 Å². The maximum atomic E-state index is 11.7. The lowest BCUT2D eigenvalue weighted by molar-refractivity contribution is 0.00915. The fraction of sp³-hybridized carbons (Fsp3) is 0.250. The van der Waals surface area contributed by atoms with Crippen LogP contribution in [-0.2, 0) is 9.57 Å². The van der Waals surface area contributed by atoms with E-state index in [1.807, 2.05) is 30.3 Å². The van der Waals surface area contributed by atoms with E-state index in [9.17, 15) is 4.79 Å². The molecule has 0 saturated carbocycles. The number of hydrogen-bond acceptors (Lipinski definition) is 4. The Morgan fingerprint density at radius 2 is 2.18 bits per heavy atom. The molecule has 1 amide bonds. The van der Waals surface area contributed by atoms with E-state index < -0.39 is 0 Å². The van der Waals surface area contributed by atoms with Gasteiger partial charge in [-0.25, -0.2) is 5.48 Å². The first-order valence-corrected chi connectivity index (χ1v) is 6.02. The van der Waals surface area contributed by atoms with Gasteiger partial charge in [-0.15, -0.1) is 11.3 Å². The van der Waals surface area contributed by atoms with Crippen LogP contribution in [0.15, 0.2) is 30.3 Å². The highest BCUT2D eigenvalue weighted by atomic mass is 32.1. The third-order valence-electron chi connectivity index (χ3n) is 2.20. The molecule has 90 valence electrons. The first kappa shape index (κ1) is 12.0. The van der Waals surface area contributed by atoms with Gasteiger partial charge in [0.2, 0.25) is 0 Å². The molecule has 0 saturated heterocycles. The number of carbonyl (C=O) groups excluding carboxylic acids is 1. The lowest BCUT2D eigenvalue weighted by Gasteiger charge is -2.02. The number of amides is 1. The largest absolute Gasteiger partial charge is 0.382 e. The quantitative estimate of drug-likeness (QED) is 0.654. The van der Waals surface area contributed by atoms with E-state index in [-0.39, 0.29) is 5.91 Å². The number of carbonyl (C=O) groups is 1. The Morgan fingerprint density at radius 1 is 1.35 bits per heavy atom. The fourth-order valence-electron chi connectivity index (χ4n) is 1.39. The lowest BCUT2D eigenvalue weighted by atomic mass is 10.2. The van der Waals surface area contributed by atoms with Crippen molar-refractivity contribution in [1.29, 1.82) is 0 Å². The SMILES string of the molecule is COCCONC(=O)c1cc2ccccc2s1. The third-order valence-corrected chi connectivity index (χ3v) is 3.32. The summed E-state index contributed by atoms with van der Waals surface area (Å²) in [6, 6.07) is 9.73. The molecule has 0 aliphatic heterocycles. The summed E-state index contributed by atoms with van der Waals surface area (Å²) in [4.78, 5) is 17.3. The molecule has 0 bridgehead atoms. The van der Waals surface area contributed by atoms with Crippen molar-refractivity contribution in [2.24, 2.45) is 0 Å². The van der Waals surface area contributed by atoms with Crippen LogP contribution in [0.2, 0.25) is 0 Å². The highest BCUT2D eigenvalue weighted by Crippen LogP contribution is 2.24. The predicted molar refractivity (Wildman–Crippen MR) is 67.1 cm³/mol. The molecule has 1 heterocycles. The van der Waals surface area contributed by atoms with E-state index in [1.54, 1.807) is 7.11 Å². The van der Waals surface area contributed by atoms with E-state index in [1.165, 1.54) is 11.3 Å². The van der Waals surface area contributed by atoms with Crippen LogP contribution >= 0.6 is 11.3 Å². The van der Waals surface area contributed by atoms with Gasteiger partial charge in [-0.05, 0) is 17.5 Å². The number of methoxy groups -OCH3 is 1. The number of benzene rings is 1. The summed E-state index contributed by atoms with van der Waals surface area (Å²) in [6.45, 7) is 0.791. The van der Waals surface area contributed by atoms with Gasteiger partial charge in [0.15, 0.2) is 0 Å². The molecule has 2 aromatic rings. The molecule has 1 aromatic heterocycles. The minimum Gasteiger partial charge on any atom is -0.382 e. The number of thiophene rings is 1. The van der Waals surface area contributed by atoms with Crippen LogP contribution in [0.4, 0.5) is 0 Å². The minimum absolute atomic E-state index is 0.220. The highest BCUT2D eigenvalue weighted by Gasteiger charge is 2.09. The van der Waals surface area contributed by atoms with Crippen molar-refractivity contribution < 1.29 is 14.4 Å². The van der Waals surface area contributed by atoms with Crippen molar-refractivity contribution in [3.05, 3.63) is 35.2 Å². The molecular weight excluding hydrogens is 238 g/mol. The van der Waals surface area contributed by atoms with E-state index in [2.05, 4.69) is 5.48 Å². The number of rotatable bonds is 5. The van der Waals surface area contributed by atoms with Crippen LogP contribution in [0.25, 0.3) is 10.1 Å². The van der Waals surface area contributed by atoms with Gasteiger partial charge in [0.25, 0.3) is 5.91 Å². The fourth-order valence-corrected chi connectivity index (χ4v) is 2.33. The molecule has 0 atom stereocenters. The molecule has 2 rings (SSSR count). The summed E-state index contributed by atoms with van der Waals surface area (Å²) < 4.78 is 5.90. The van der Waals surface area contributed by atoms with Gasteiger partial charge in [-0.2, -0.15) is 0 Å². The maximum Gasteiger partial charge on any atom is 0.284 e. The number of ether oxygens (including phenoxy) is 1. The first-order valence-electron chi connectivity index (χ1n) is 5.21. The van der Waals surface area contributed by atoms with Gasteiger partial charge < -0.3 is 4.74 Å². The first-order chi connectivity index (χ1) is 8.31. The maximum absolute atomic E-state index is 11.7. The van der Waals surface area contributed by atoms with Crippen LogP contribution in [0, 0.1) is 0 Å². The Labute approximate surface area is 103 Å². The number of hydrogen-bond donors (Lipinski definition) is 1. The molecule has 0 radical (unpaired) electrons. The average molecular weight is 251 g/mol. The van der Waals surface area contributed by atoms with Gasteiger partial charge in [0, 0.05) is 11.8 Å². The molecule has 0 fully saturated rings. The summed E-state index contributed by atoms with van der Waals surface area (Å²) >= 11 is 1.45. The molecule has 1 aromatic carbocycles. The standard InChI is InChI=1S/C12H13NO3S/c1-15-6-7-16-13-12(14)11-8-9-4-2-3-5-10(9)17-11/h2-5,8H,6-7H2,1H3,(H,13,14). The van der Waals surface area contributed by atoms with Crippen molar-refractivity contribution in [2.75, 3.05) is 20.3 Å². The zero-order chi connectivity index (χ0) is 12.1. The Morgan fingerprint density at radius 3 is 2.94 bits per heavy atom. The molecule has 0 aliphatic carbocycles. The Hall–Kier alpha value is -1.43. The minimum atomic E-state index is -0.220. The summed E-state index contributed by atoms with van der Waals surface area (Å²) in [7, 11) is 1.58. The van der Waals surface area contributed by atoms with Crippen LogP contribution in [0.5, 0.6) is 0 Å². The normalized spacial score (nSPS) is 10.6. The molecule has 0 spiro atoms. The third kappa shape index (κ3) is 3.03. The molecule has 0 unspecified atom stereocenters. The lowest BCUT2D eigenvalue weighted by Crippen LogP contribution is -2.24. The summed E-state index contributed by atoms with van der Waals surface area (Å²) in [5, 5.41) is 1.07. The van der Waals surface area contributed by atoms with Crippen molar-refractivity contribution in [3.63, 3.8) is 0 Å². The van der Waals surface area contributed by atoms with E-state index in [0.717, 1.165) is 10.1 Å². The molecule has 1 N–H and O–H groups in total. The van der Waals surface area contributed by atoms with Gasteiger partial charge in [0.05, 0.1) is 18.1 Å². The molecule has 0 aliphatic rings. The molecule has 5 heteroatoms. The Bertz CT molecular complexity index is 476. The average Bonchev–Trinajstić information content (AvgIpc) is 2.78. The zero-order valence-corrected chi connectivity index (χ0v) is 10.3. The van der Waals surface area contributed by atoms with Crippen molar-refractivity contribution in [3.8, 4) is 0 Å². The number of fused-ring (bicyclic) bond motifs is 1. The van der Waals surface area contributed by atoms with Crippen LogP contribution < -0.4 is 5.48 Å². The van der Waals surface area contributed by atoms with Crippen LogP contribution in [0.3, 0.4) is 0 Å². The Kier molecular flexibility index (Phi) is 4.08. The van der Waals surface area contributed by atoms with Crippen molar-refractivity contribution in [1.82, 2.24) is 5.48 Å². The Balaban J connectivity index is 1.99. The van der Waals surface area contributed by atoms with Gasteiger partial charge in [0.1, 0.15) is 0 Å². The summed E-state index contributed by atoms with van der Waals surface area (Å²) in [5.41, 5.74) is 2.39. The smallest absolute Gasteiger partial charge is 0.284 e. The predicted octanol–water partition coefficient (Wildman–Crippen LogP) is 2.21. The second-order valence-electron chi connectivity index (χ2n) is 3.42. The van der Waals surface area contributed by atoms with E-state index in [4.69, 9.17) is 9.57 Å². The van der Waals surface area contributed by atoms with Crippen molar-refractivity contribution in [2.45, 2.75) is 0 Å². The highest BCUT2D eigenvalue weighted by molar-refractivity contribution is 7.20. The molecule has 4 nitrogen and oxygen atoms in total. The zero-order valence-electron chi connectivity index (χ0n) is 9.43. The number of hydroxylamine groups is 1. The second kappa shape index (κ2) is 5.77. The second-order valence-corrected chi connectivity index (χ2v) is 4.50. The molecular formula is C12H13NO3S. The van der Waals surface area contributed by atoms with Gasteiger partial charge in [-0.1, -0.05) is 18.2 Å². The van der Waals surface area contributed by atoms with E-state index in [0.29, 0.717) is 18.1 Å². The van der Waals surface area contributed by atoms with Crippen LogP contribution in [-0.4, -0.2) is 26.2 Å². The van der Waals surface area contributed by atoms with Crippen molar-refractivity contribution >= 4 is 27.3 Å². The monoisotopic (exact) mass is 251 g/mol. The summed E-state index contributed by atoms with van der Waals surface area (Å²) in [6.07, 6.45) is 0. The summed E-state index contributed by atoms with van der Waals surface area (Å²) in [5.74, 6) is -0.220. The number of nitrogens with one attached hydrogen (secondary N) is 1.